The molecule has 0 bridgehead atoms. The SMILES string of the molecule is CN(Cc1ccccc1)C(=O)CCNC1CC1. The van der Waals surface area contributed by atoms with Gasteiger partial charge in [-0.15, -0.1) is 0 Å². The number of nitrogens with one attached hydrogen (secondary N) is 1. The Balaban J connectivity index is 1.70. The number of nitrogens with zero attached hydrogens (tertiary/aromatic N) is 1. The fourth-order valence-corrected chi connectivity index (χ4v) is 1.81. The Morgan fingerprint density at radius 1 is 1.35 bits per heavy atom. The molecule has 3 heteroatoms. The molecule has 92 valence electrons. The quantitative estimate of drug-likeness (QED) is 0.811. The van der Waals surface area contributed by atoms with Crippen molar-refractivity contribution in [3.05, 3.63) is 35.9 Å². The van der Waals surface area contributed by atoms with Crippen LogP contribution in [0.5, 0.6) is 0 Å². The minimum absolute atomic E-state index is 0.210. The van der Waals surface area contributed by atoms with E-state index in [0.29, 0.717) is 19.0 Å². The molecule has 1 saturated carbocycles. The van der Waals surface area contributed by atoms with E-state index in [1.54, 1.807) is 4.90 Å². The van der Waals surface area contributed by atoms with Gasteiger partial charge in [0.2, 0.25) is 5.91 Å². The molecule has 0 aromatic heterocycles. The van der Waals surface area contributed by atoms with Crippen molar-refractivity contribution in [1.82, 2.24) is 10.2 Å². The van der Waals surface area contributed by atoms with E-state index in [-0.39, 0.29) is 5.91 Å². The molecule has 0 saturated heterocycles. The van der Waals surface area contributed by atoms with Crippen molar-refractivity contribution in [2.75, 3.05) is 13.6 Å². The van der Waals surface area contributed by atoms with E-state index in [2.05, 4.69) is 5.32 Å². The predicted octanol–water partition coefficient (Wildman–Crippen LogP) is 1.79. The molecule has 1 aromatic rings. The molecule has 0 radical (unpaired) electrons. The molecule has 0 aliphatic heterocycles. The largest absolute Gasteiger partial charge is 0.341 e. The second-order valence-electron chi connectivity index (χ2n) is 4.71. The van der Waals surface area contributed by atoms with E-state index < -0.39 is 0 Å². The summed E-state index contributed by atoms with van der Waals surface area (Å²) in [5.74, 6) is 0.210. The smallest absolute Gasteiger partial charge is 0.223 e. The molecule has 1 aromatic carbocycles. The number of hydrogen-bond acceptors (Lipinski definition) is 2. The third-order valence-corrected chi connectivity index (χ3v) is 3.04. The Bertz CT molecular complexity index is 360. The summed E-state index contributed by atoms with van der Waals surface area (Å²) in [6.45, 7) is 1.51. The summed E-state index contributed by atoms with van der Waals surface area (Å²) in [6, 6.07) is 10.8. The minimum atomic E-state index is 0.210. The molecule has 2 rings (SSSR count). The molecule has 1 amide bonds. The predicted molar refractivity (Wildman–Crippen MR) is 68.6 cm³/mol. The molecule has 1 fully saturated rings. The van der Waals surface area contributed by atoms with Crippen LogP contribution < -0.4 is 5.32 Å². The van der Waals surface area contributed by atoms with Gasteiger partial charge in [0.1, 0.15) is 0 Å². The highest BCUT2D eigenvalue weighted by molar-refractivity contribution is 5.76. The van der Waals surface area contributed by atoms with Gasteiger partial charge in [-0.05, 0) is 18.4 Å². The molecule has 17 heavy (non-hydrogen) atoms. The van der Waals surface area contributed by atoms with Crippen LogP contribution in [0.2, 0.25) is 0 Å². The Hall–Kier alpha value is -1.35. The van der Waals surface area contributed by atoms with Crippen LogP contribution in [-0.4, -0.2) is 30.4 Å². The van der Waals surface area contributed by atoms with Gasteiger partial charge in [-0.2, -0.15) is 0 Å². The number of carbonyl (C=O) groups excluding carboxylic acids is 1. The standard InChI is InChI=1S/C14H20N2O/c1-16(11-12-5-3-2-4-6-12)14(17)9-10-15-13-7-8-13/h2-6,13,15H,7-11H2,1H3. The van der Waals surface area contributed by atoms with Gasteiger partial charge in [-0.25, -0.2) is 0 Å². The second kappa shape index (κ2) is 5.82. The van der Waals surface area contributed by atoms with Gasteiger partial charge in [0.05, 0.1) is 0 Å². The van der Waals surface area contributed by atoms with E-state index >= 15 is 0 Å². The molecule has 0 atom stereocenters. The van der Waals surface area contributed by atoms with Gasteiger partial charge in [0.15, 0.2) is 0 Å². The highest BCUT2D eigenvalue weighted by Gasteiger charge is 2.20. The number of amides is 1. The van der Waals surface area contributed by atoms with Crippen LogP contribution in [0.3, 0.4) is 0 Å². The molecular weight excluding hydrogens is 212 g/mol. The zero-order valence-corrected chi connectivity index (χ0v) is 10.4. The van der Waals surface area contributed by atoms with E-state index in [1.165, 1.54) is 18.4 Å². The molecule has 3 nitrogen and oxygen atoms in total. The fourth-order valence-electron chi connectivity index (χ4n) is 1.81. The topological polar surface area (TPSA) is 32.3 Å². The fraction of sp³-hybridized carbons (Fsp3) is 0.500. The van der Waals surface area contributed by atoms with Gasteiger partial charge in [0.25, 0.3) is 0 Å². The first-order valence-electron chi connectivity index (χ1n) is 6.27. The first kappa shape index (κ1) is 12.1. The van der Waals surface area contributed by atoms with E-state index in [1.807, 2.05) is 37.4 Å². The van der Waals surface area contributed by atoms with Crippen LogP contribution in [0.25, 0.3) is 0 Å². The van der Waals surface area contributed by atoms with Crippen molar-refractivity contribution in [3.63, 3.8) is 0 Å². The van der Waals surface area contributed by atoms with Crippen molar-refractivity contribution in [1.29, 1.82) is 0 Å². The Morgan fingerprint density at radius 2 is 2.06 bits per heavy atom. The summed E-state index contributed by atoms with van der Waals surface area (Å²) in [4.78, 5) is 13.6. The first-order valence-corrected chi connectivity index (χ1v) is 6.27. The lowest BCUT2D eigenvalue weighted by molar-refractivity contribution is -0.130. The Labute approximate surface area is 103 Å². The molecule has 0 spiro atoms. The van der Waals surface area contributed by atoms with Crippen LogP contribution in [-0.2, 0) is 11.3 Å². The maximum Gasteiger partial charge on any atom is 0.223 e. The van der Waals surface area contributed by atoms with Crippen molar-refractivity contribution in [2.45, 2.75) is 31.8 Å². The maximum absolute atomic E-state index is 11.8. The van der Waals surface area contributed by atoms with Gasteiger partial charge < -0.3 is 10.2 Å². The summed E-state index contributed by atoms with van der Waals surface area (Å²) in [5.41, 5.74) is 1.18. The average molecular weight is 232 g/mol. The molecule has 1 aliphatic rings. The van der Waals surface area contributed by atoms with E-state index in [4.69, 9.17) is 0 Å². The summed E-state index contributed by atoms with van der Waals surface area (Å²) in [5, 5.41) is 3.36. The van der Waals surface area contributed by atoms with Crippen LogP contribution >= 0.6 is 0 Å². The van der Waals surface area contributed by atoms with Gasteiger partial charge in [0, 0.05) is 32.6 Å². The zero-order chi connectivity index (χ0) is 12.1. The minimum Gasteiger partial charge on any atom is -0.341 e. The van der Waals surface area contributed by atoms with Crippen LogP contribution in [0, 0.1) is 0 Å². The van der Waals surface area contributed by atoms with Crippen molar-refractivity contribution < 1.29 is 4.79 Å². The van der Waals surface area contributed by atoms with Gasteiger partial charge >= 0.3 is 0 Å². The third-order valence-electron chi connectivity index (χ3n) is 3.04. The number of hydrogen-bond donors (Lipinski definition) is 1. The van der Waals surface area contributed by atoms with Crippen LogP contribution in [0.15, 0.2) is 30.3 Å². The Morgan fingerprint density at radius 3 is 2.71 bits per heavy atom. The average Bonchev–Trinajstić information content (AvgIpc) is 3.14. The lowest BCUT2D eigenvalue weighted by Gasteiger charge is -2.17. The summed E-state index contributed by atoms with van der Waals surface area (Å²) >= 11 is 0. The van der Waals surface area contributed by atoms with Gasteiger partial charge in [-0.1, -0.05) is 30.3 Å². The Kier molecular flexibility index (Phi) is 4.15. The molecule has 1 N–H and O–H groups in total. The molecule has 1 aliphatic carbocycles. The summed E-state index contributed by atoms with van der Waals surface area (Å²) in [6.07, 6.45) is 3.14. The number of benzene rings is 1. The number of carbonyl (C=O) groups is 1. The molecular formula is C14H20N2O. The summed E-state index contributed by atoms with van der Waals surface area (Å²) < 4.78 is 0. The highest BCUT2D eigenvalue weighted by Crippen LogP contribution is 2.18. The highest BCUT2D eigenvalue weighted by atomic mass is 16.2. The lowest BCUT2D eigenvalue weighted by Crippen LogP contribution is -2.30. The van der Waals surface area contributed by atoms with E-state index in [0.717, 1.165) is 6.54 Å². The van der Waals surface area contributed by atoms with E-state index in [9.17, 15) is 4.79 Å². The van der Waals surface area contributed by atoms with Crippen molar-refractivity contribution in [2.24, 2.45) is 0 Å². The third kappa shape index (κ3) is 4.19. The monoisotopic (exact) mass is 232 g/mol. The lowest BCUT2D eigenvalue weighted by atomic mass is 10.2. The van der Waals surface area contributed by atoms with Gasteiger partial charge in [-0.3, -0.25) is 4.79 Å². The van der Waals surface area contributed by atoms with Crippen LogP contribution in [0.1, 0.15) is 24.8 Å². The van der Waals surface area contributed by atoms with Crippen molar-refractivity contribution >= 4 is 5.91 Å². The molecule has 0 heterocycles. The molecule has 0 unspecified atom stereocenters. The first-order chi connectivity index (χ1) is 8.25. The number of rotatable bonds is 6. The zero-order valence-electron chi connectivity index (χ0n) is 10.4. The maximum atomic E-state index is 11.8. The second-order valence-corrected chi connectivity index (χ2v) is 4.71. The van der Waals surface area contributed by atoms with Crippen LogP contribution in [0.4, 0.5) is 0 Å². The summed E-state index contributed by atoms with van der Waals surface area (Å²) in [7, 11) is 1.87. The van der Waals surface area contributed by atoms with Crippen molar-refractivity contribution in [3.8, 4) is 0 Å². The normalized spacial score (nSPS) is 14.6.